The first-order chi connectivity index (χ1) is 9.46. The van der Waals surface area contributed by atoms with E-state index in [4.69, 9.17) is 5.73 Å². The fourth-order valence-electron chi connectivity index (χ4n) is 2.26. The third-order valence-corrected chi connectivity index (χ3v) is 4.01. The Hall–Kier alpha value is -1.13. The molecule has 1 atom stereocenters. The van der Waals surface area contributed by atoms with Gasteiger partial charge in [-0.15, -0.1) is 12.4 Å². The van der Waals surface area contributed by atoms with Gasteiger partial charge in [0.25, 0.3) is 0 Å². The number of hydrogen-bond acceptors (Lipinski definition) is 2. The van der Waals surface area contributed by atoms with E-state index < -0.39 is 0 Å². The van der Waals surface area contributed by atoms with E-state index in [-0.39, 0.29) is 35.6 Å². The molecule has 0 aliphatic carbocycles. The monoisotopic (exact) mass is 316 g/mol. The largest absolute Gasteiger partial charge is 0.349 e. The molecule has 1 amide bonds. The fourth-order valence-corrected chi connectivity index (χ4v) is 2.26. The predicted molar refractivity (Wildman–Crippen MR) is 87.0 cm³/mol. The molecule has 0 aliphatic heterocycles. The van der Waals surface area contributed by atoms with Gasteiger partial charge in [-0.05, 0) is 37.0 Å². The molecule has 0 spiro atoms. The minimum atomic E-state index is -0.326. The first-order valence-corrected chi connectivity index (χ1v) is 7.23. The molecule has 0 fully saturated rings. The molecule has 1 aromatic rings. The van der Waals surface area contributed by atoms with Crippen LogP contribution in [0, 0.1) is 11.7 Å². The van der Waals surface area contributed by atoms with Crippen LogP contribution in [-0.2, 0) is 11.2 Å². The molecule has 0 aliphatic rings. The van der Waals surface area contributed by atoms with Crippen molar-refractivity contribution in [3.05, 3.63) is 35.6 Å². The van der Waals surface area contributed by atoms with Crippen molar-refractivity contribution in [1.82, 2.24) is 5.32 Å². The van der Waals surface area contributed by atoms with E-state index in [2.05, 4.69) is 5.32 Å². The Morgan fingerprint density at radius 1 is 1.38 bits per heavy atom. The molecule has 21 heavy (non-hydrogen) atoms. The molecule has 0 radical (unpaired) electrons. The van der Waals surface area contributed by atoms with Crippen molar-refractivity contribution in [2.75, 3.05) is 6.54 Å². The lowest BCUT2D eigenvalue weighted by molar-refractivity contribution is -0.126. The topological polar surface area (TPSA) is 55.1 Å². The van der Waals surface area contributed by atoms with Gasteiger partial charge in [0.05, 0.1) is 5.54 Å². The molecule has 3 N–H and O–H groups in total. The summed E-state index contributed by atoms with van der Waals surface area (Å²) in [6.07, 6.45) is 2.13. The fraction of sp³-hybridized carbons (Fsp3) is 0.562. The Bertz CT molecular complexity index is 441. The van der Waals surface area contributed by atoms with Crippen molar-refractivity contribution in [3.8, 4) is 0 Å². The van der Waals surface area contributed by atoms with Crippen molar-refractivity contribution < 1.29 is 9.18 Å². The van der Waals surface area contributed by atoms with Crippen LogP contribution in [0.1, 0.15) is 39.2 Å². The van der Waals surface area contributed by atoms with Crippen molar-refractivity contribution in [2.45, 2.75) is 45.6 Å². The maximum atomic E-state index is 13.1. The number of carbonyl (C=O) groups is 1. The zero-order chi connectivity index (χ0) is 15.2. The van der Waals surface area contributed by atoms with Gasteiger partial charge >= 0.3 is 0 Å². The van der Waals surface area contributed by atoms with Crippen molar-refractivity contribution in [3.63, 3.8) is 0 Å². The smallest absolute Gasteiger partial charge is 0.223 e. The molecule has 0 aromatic heterocycles. The molecule has 0 bridgehead atoms. The summed E-state index contributed by atoms with van der Waals surface area (Å²) in [6.45, 7) is 6.33. The van der Waals surface area contributed by atoms with Crippen molar-refractivity contribution in [1.29, 1.82) is 0 Å². The van der Waals surface area contributed by atoms with E-state index >= 15 is 0 Å². The van der Waals surface area contributed by atoms with Crippen LogP contribution in [0.25, 0.3) is 0 Å². The average Bonchev–Trinajstić information content (AvgIpc) is 2.44. The van der Waals surface area contributed by atoms with Gasteiger partial charge in [0.1, 0.15) is 5.82 Å². The van der Waals surface area contributed by atoms with Gasteiger partial charge in [-0.2, -0.15) is 0 Å². The Balaban J connectivity index is 0.00000400. The Morgan fingerprint density at radius 2 is 2.00 bits per heavy atom. The molecular formula is C16H26ClFN2O. The van der Waals surface area contributed by atoms with E-state index in [0.717, 1.165) is 18.4 Å². The molecule has 0 saturated heterocycles. The highest BCUT2D eigenvalue weighted by Gasteiger charge is 2.28. The Morgan fingerprint density at radius 3 is 2.48 bits per heavy atom. The summed E-state index contributed by atoms with van der Waals surface area (Å²) in [6, 6.07) is 6.38. The number of amides is 1. The summed E-state index contributed by atoms with van der Waals surface area (Å²) in [5.74, 6) is -0.502. The minimum Gasteiger partial charge on any atom is -0.349 e. The van der Waals surface area contributed by atoms with Crippen LogP contribution in [0.15, 0.2) is 24.3 Å². The standard InChI is InChI=1S/C16H25FN2O.ClH/c1-4-16(5-2,11-18)19-15(20)12(3)9-13-7-6-8-14(17)10-13;/h6-8,10,12H,4-5,9,11,18H2,1-3H3,(H,19,20);1H. The quantitative estimate of drug-likeness (QED) is 0.812. The van der Waals surface area contributed by atoms with Gasteiger partial charge in [0.2, 0.25) is 5.91 Å². The summed E-state index contributed by atoms with van der Waals surface area (Å²) in [4.78, 5) is 12.3. The van der Waals surface area contributed by atoms with Crippen molar-refractivity contribution in [2.24, 2.45) is 11.7 Å². The molecule has 120 valence electrons. The molecular weight excluding hydrogens is 291 g/mol. The number of nitrogens with one attached hydrogen (secondary N) is 1. The first kappa shape index (κ1) is 19.9. The number of benzene rings is 1. The molecule has 5 heteroatoms. The lowest BCUT2D eigenvalue weighted by atomic mass is 9.91. The second kappa shape index (κ2) is 9.00. The summed E-state index contributed by atoms with van der Waals surface area (Å²) in [5.41, 5.74) is 6.29. The van der Waals surface area contributed by atoms with Gasteiger partial charge in [-0.1, -0.05) is 32.9 Å². The molecule has 1 rings (SSSR count). The van der Waals surface area contributed by atoms with Crippen molar-refractivity contribution >= 4 is 18.3 Å². The third kappa shape index (κ3) is 5.64. The normalized spacial score (nSPS) is 12.4. The summed E-state index contributed by atoms with van der Waals surface area (Å²) < 4.78 is 13.1. The van der Waals surface area contributed by atoms with Crippen LogP contribution < -0.4 is 11.1 Å². The zero-order valence-corrected chi connectivity index (χ0v) is 13.8. The van der Waals surface area contributed by atoms with Gasteiger partial charge < -0.3 is 11.1 Å². The second-order valence-electron chi connectivity index (χ2n) is 5.42. The summed E-state index contributed by atoms with van der Waals surface area (Å²) in [7, 11) is 0. The predicted octanol–water partition coefficient (Wildman–Crippen LogP) is 3.06. The number of carbonyl (C=O) groups excluding carboxylic acids is 1. The highest BCUT2D eigenvalue weighted by molar-refractivity contribution is 5.85. The average molecular weight is 317 g/mol. The van der Waals surface area contributed by atoms with Crippen LogP contribution in [0.3, 0.4) is 0 Å². The van der Waals surface area contributed by atoms with Gasteiger partial charge in [-0.3, -0.25) is 4.79 Å². The minimum absolute atomic E-state index is 0. The number of rotatable bonds is 7. The Labute approximate surface area is 132 Å². The molecule has 0 saturated carbocycles. The van der Waals surface area contributed by atoms with E-state index in [1.165, 1.54) is 12.1 Å². The summed E-state index contributed by atoms with van der Waals surface area (Å²) >= 11 is 0. The third-order valence-electron chi connectivity index (χ3n) is 4.01. The SMILES string of the molecule is CCC(CC)(CN)NC(=O)C(C)Cc1cccc(F)c1.Cl. The van der Waals surface area contributed by atoms with Crippen LogP contribution >= 0.6 is 12.4 Å². The van der Waals surface area contributed by atoms with E-state index in [1.54, 1.807) is 6.07 Å². The molecule has 3 nitrogen and oxygen atoms in total. The van der Waals surface area contributed by atoms with E-state index in [1.807, 2.05) is 26.8 Å². The molecule has 1 aromatic carbocycles. The highest BCUT2D eigenvalue weighted by Crippen LogP contribution is 2.16. The van der Waals surface area contributed by atoms with E-state index in [9.17, 15) is 9.18 Å². The lowest BCUT2D eigenvalue weighted by Gasteiger charge is -2.32. The zero-order valence-electron chi connectivity index (χ0n) is 13.0. The first-order valence-electron chi connectivity index (χ1n) is 7.23. The van der Waals surface area contributed by atoms with Crippen LogP contribution in [0.4, 0.5) is 4.39 Å². The second-order valence-corrected chi connectivity index (χ2v) is 5.42. The van der Waals surface area contributed by atoms with E-state index in [0.29, 0.717) is 13.0 Å². The maximum absolute atomic E-state index is 13.1. The molecule has 1 unspecified atom stereocenters. The summed E-state index contributed by atoms with van der Waals surface area (Å²) in [5, 5.41) is 3.06. The maximum Gasteiger partial charge on any atom is 0.223 e. The Kier molecular flexibility index (Phi) is 8.52. The molecule has 0 heterocycles. The number of hydrogen-bond donors (Lipinski definition) is 2. The van der Waals surface area contributed by atoms with Gasteiger partial charge in [-0.25, -0.2) is 4.39 Å². The highest BCUT2D eigenvalue weighted by atomic mass is 35.5. The van der Waals surface area contributed by atoms with Crippen LogP contribution in [-0.4, -0.2) is 18.0 Å². The van der Waals surface area contributed by atoms with Gasteiger partial charge in [0.15, 0.2) is 0 Å². The number of halogens is 2. The lowest BCUT2D eigenvalue weighted by Crippen LogP contribution is -2.54. The van der Waals surface area contributed by atoms with Crippen LogP contribution in [0.2, 0.25) is 0 Å². The van der Waals surface area contributed by atoms with Gasteiger partial charge in [0, 0.05) is 12.5 Å². The number of nitrogens with two attached hydrogens (primary N) is 1. The van der Waals surface area contributed by atoms with Crippen LogP contribution in [0.5, 0.6) is 0 Å².